The molecule has 0 heterocycles. The quantitative estimate of drug-likeness (QED) is 0.397. The van der Waals surface area contributed by atoms with Crippen LogP contribution in [0.1, 0.15) is 37.4 Å². The smallest absolute Gasteiger partial charge is 0.330 e. The van der Waals surface area contributed by atoms with E-state index in [9.17, 15) is 4.79 Å². The van der Waals surface area contributed by atoms with Gasteiger partial charge >= 0.3 is 5.97 Å². The largest absolute Gasteiger partial charge is 0.539 e. The normalized spacial score (nSPS) is 14.4. The first-order valence-electron chi connectivity index (χ1n) is 9.65. The van der Waals surface area contributed by atoms with E-state index in [1.165, 1.54) is 25.3 Å². The lowest BCUT2D eigenvalue weighted by Gasteiger charge is -2.37. The molecule has 1 rings (SSSR count). The van der Waals surface area contributed by atoms with E-state index in [-0.39, 0.29) is 23.1 Å². The molecule has 0 unspecified atom stereocenters. The summed E-state index contributed by atoms with van der Waals surface area (Å²) in [5.74, 6) is 0.114. The predicted molar refractivity (Wildman–Crippen MR) is 103 cm³/mol. The van der Waals surface area contributed by atoms with Crippen molar-refractivity contribution < 1.29 is 27.5 Å². The molecular formula is C19H30O5Si. The molecule has 140 valence electrons. The topological polar surface area (TPSA) is 54.0 Å². The molecule has 0 saturated carbocycles. The van der Waals surface area contributed by atoms with Crippen LogP contribution in [0.2, 0.25) is 18.1 Å². The minimum absolute atomic E-state index is 0.0349. The minimum atomic E-state index is -2.67. The third-order valence-electron chi connectivity index (χ3n) is 4.23. The first-order chi connectivity index (χ1) is 12.7. The highest BCUT2D eigenvalue weighted by Gasteiger charge is 2.40. The summed E-state index contributed by atoms with van der Waals surface area (Å²) in [5.41, 5.74) is 0.520. The summed E-state index contributed by atoms with van der Waals surface area (Å²) in [4.78, 5) is 11.6. The summed E-state index contributed by atoms with van der Waals surface area (Å²) >= 11 is 0. The van der Waals surface area contributed by atoms with E-state index in [0.29, 0.717) is 11.3 Å². The Hall–Kier alpha value is -1.95. The van der Waals surface area contributed by atoms with E-state index < -0.39 is 21.3 Å². The third-order valence-corrected chi connectivity index (χ3v) is 8.56. The van der Waals surface area contributed by atoms with Gasteiger partial charge < -0.3 is 18.6 Å². The van der Waals surface area contributed by atoms with Crippen molar-refractivity contribution >= 4 is 20.4 Å². The van der Waals surface area contributed by atoms with Crippen molar-refractivity contribution in [2.45, 2.75) is 45.8 Å². The van der Waals surface area contributed by atoms with Crippen LogP contribution in [-0.4, -0.2) is 35.0 Å². The molecule has 0 fully saturated rings. The Morgan fingerprint density at radius 1 is 1.24 bits per heavy atom. The van der Waals surface area contributed by atoms with Crippen molar-refractivity contribution in [1.82, 2.24) is 0 Å². The van der Waals surface area contributed by atoms with Crippen molar-refractivity contribution in [3.63, 3.8) is 0 Å². The Labute approximate surface area is 156 Å². The van der Waals surface area contributed by atoms with E-state index in [0.717, 1.165) is 0 Å². The molecule has 0 aromatic heterocycles. The van der Waals surface area contributed by atoms with E-state index in [4.69, 9.17) is 22.7 Å². The Kier molecular flexibility index (Phi) is 5.56. The van der Waals surface area contributed by atoms with Crippen molar-refractivity contribution in [3.8, 4) is 17.2 Å². The number of carbonyl (C=O) groups is 1. The lowest BCUT2D eigenvalue weighted by Crippen LogP contribution is -2.44. The van der Waals surface area contributed by atoms with Crippen LogP contribution in [0.15, 0.2) is 18.2 Å². The number of hydrogen-bond acceptors (Lipinski definition) is 5. The summed E-state index contributed by atoms with van der Waals surface area (Å²) in [7, 11) is -3.50. The molecule has 6 heteroatoms. The van der Waals surface area contributed by atoms with Gasteiger partial charge in [0.2, 0.25) is 0 Å². The van der Waals surface area contributed by atoms with Crippen molar-refractivity contribution in [2.24, 2.45) is 0 Å². The van der Waals surface area contributed by atoms with Crippen LogP contribution >= 0.6 is 0 Å². The number of carbonyl (C=O) groups excluding carboxylic acids is 1. The maximum atomic E-state index is 11.6. The zero-order valence-corrected chi connectivity index (χ0v) is 17.1. The van der Waals surface area contributed by atoms with Gasteiger partial charge in [0.25, 0.3) is 8.32 Å². The van der Waals surface area contributed by atoms with Crippen LogP contribution in [0.3, 0.4) is 0 Å². The SMILES string of the molecule is [2H]C([2H])([2H])Oc1cc(/C=C/C(=O)OCC)cc(OC)c1O[Si](C)(C)C(C)(C)C. The molecule has 1 aromatic rings. The van der Waals surface area contributed by atoms with Crippen molar-refractivity contribution in [3.05, 3.63) is 23.8 Å². The molecule has 1 aromatic carbocycles. The first-order valence-corrected chi connectivity index (χ1v) is 11.1. The van der Waals surface area contributed by atoms with E-state index in [1.54, 1.807) is 13.0 Å². The number of methoxy groups -OCH3 is 2. The highest BCUT2D eigenvalue weighted by atomic mass is 28.4. The average molecular weight is 370 g/mol. The molecule has 0 aliphatic rings. The van der Waals surface area contributed by atoms with Gasteiger partial charge in [-0.25, -0.2) is 4.79 Å². The maximum absolute atomic E-state index is 11.6. The Morgan fingerprint density at radius 2 is 1.84 bits per heavy atom. The third kappa shape index (κ3) is 5.52. The lowest BCUT2D eigenvalue weighted by molar-refractivity contribution is -0.137. The Balaban J connectivity index is 3.46. The van der Waals surface area contributed by atoms with E-state index >= 15 is 0 Å². The monoisotopic (exact) mass is 369 g/mol. The number of benzene rings is 1. The second-order valence-electron chi connectivity index (χ2n) is 7.10. The standard InChI is InChI=1S/C19H30O5Si/c1-9-23-17(20)11-10-14-12-15(21-5)18(16(13-14)22-6)24-25(7,8)19(2,3)4/h10-13H,9H2,1-8H3/b11-10+/i5D3. The van der Waals surface area contributed by atoms with Gasteiger partial charge in [-0.1, -0.05) is 20.8 Å². The molecule has 0 spiro atoms. The summed E-state index contributed by atoms with van der Waals surface area (Å²) in [6, 6.07) is 3.16. The molecule has 0 amide bonds. The molecule has 0 aliphatic carbocycles. The molecule has 0 atom stereocenters. The maximum Gasteiger partial charge on any atom is 0.330 e. The van der Waals surface area contributed by atoms with Gasteiger partial charge in [0, 0.05) is 6.08 Å². The van der Waals surface area contributed by atoms with Gasteiger partial charge in [-0.05, 0) is 48.8 Å². The Morgan fingerprint density at radius 3 is 2.32 bits per heavy atom. The fourth-order valence-electron chi connectivity index (χ4n) is 1.78. The van der Waals surface area contributed by atoms with Crippen LogP contribution < -0.4 is 13.9 Å². The predicted octanol–water partition coefficient (Wildman–Crippen LogP) is 4.66. The minimum Gasteiger partial charge on any atom is -0.539 e. The van der Waals surface area contributed by atoms with Crippen molar-refractivity contribution in [1.29, 1.82) is 0 Å². The van der Waals surface area contributed by atoms with Gasteiger partial charge in [-0.3, -0.25) is 0 Å². The van der Waals surface area contributed by atoms with Gasteiger partial charge in [0.15, 0.2) is 17.2 Å². The highest BCUT2D eigenvalue weighted by Crippen LogP contribution is 2.45. The molecule has 5 nitrogen and oxygen atoms in total. The Bertz CT molecular complexity index is 722. The van der Waals surface area contributed by atoms with Crippen LogP contribution in [0.25, 0.3) is 6.08 Å². The van der Waals surface area contributed by atoms with Crippen molar-refractivity contribution in [2.75, 3.05) is 20.8 Å². The summed E-state index contributed by atoms with van der Waals surface area (Å²) in [6.45, 7) is 12.3. The molecule has 0 N–H and O–H groups in total. The lowest BCUT2D eigenvalue weighted by atomic mass is 10.1. The fraction of sp³-hybridized carbons (Fsp3) is 0.526. The first kappa shape index (κ1) is 16.5. The van der Waals surface area contributed by atoms with Gasteiger partial charge in [0.05, 0.1) is 24.9 Å². The van der Waals surface area contributed by atoms with Crippen LogP contribution in [0, 0.1) is 0 Å². The number of esters is 1. The second-order valence-corrected chi connectivity index (χ2v) is 11.8. The molecule has 0 aliphatic heterocycles. The number of ether oxygens (including phenoxy) is 3. The van der Waals surface area contributed by atoms with Crippen LogP contribution in [-0.2, 0) is 9.53 Å². The van der Waals surface area contributed by atoms with Crippen LogP contribution in [0.5, 0.6) is 17.2 Å². The average Bonchev–Trinajstić information content (AvgIpc) is 2.52. The molecule has 25 heavy (non-hydrogen) atoms. The summed E-state index contributed by atoms with van der Waals surface area (Å²) in [5, 5.41) is -0.113. The van der Waals surface area contributed by atoms with Crippen LogP contribution in [0.4, 0.5) is 0 Å². The zero-order chi connectivity index (χ0) is 21.8. The van der Waals surface area contributed by atoms with Gasteiger partial charge in [0.1, 0.15) is 0 Å². The van der Waals surface area contributed by atoms with Gasteiger partial charge in [-0.2, -0.15) is 0 Å². The number of hydrogen-bond donors (Lipinski definition) is 0. The van der Waals surface area contributed by atoms with Gasteiger partial charge in [-0.15, -0.1) is 0 Å². The second kappa shape index (κ2) is 8.42. The van der Waals surface area contributed by atoms with E-state index in [1.807, 2.05) is 13.1 Å². The highest BCUT2D eigenvalue weighted by molar-refractivity contribution is 6.74. The zero-order valence-electron chi connectivity index (χ0n) is 19.1. The molecule has 0 radical (unpaired) electrons. The molecular weight excluding hydrogens is 336 g/mol. The summed E-state index contributed by atoms with van der Waals surface area (Å²) in [6.07, 6.45) is 2.76. The fourth-order valence-corrected chi connectivity index (χ4v) is 2.80. The number of rotatable bonds is 7. The molecule has 0 saturated heterocycles. The summed E-state index contributed by atoms with van der Waals surface area (Å²) < 4.78 is 44.2. The molecule has 0 bridgehead atoms. The van der Waals surface area contributed by atoms with E-state index in [2.05, 4.69) is 20.8 Å².